The number of hydrogen-bond donors (Lipinski definition) is 0. The first-order chi connectivity index (χ1) is 6.50. The Balaban J connectivity index is 2.69. The van der Waals surface area contributed by atoms with Crippen LogP contribution in [0.25, 0.3) is 0 Å². The summed E-state index contributed by atoms with van der Waals surface area (Å²) in [6.07, 6.45) is 2.87. The molecule has 0 spiro atoms. The molecule has 0 saturated carbocycles. The van der Waals surface area contributed by atoms with Gasteiger partial charge in [-0.3, -0.25) is 4.90 Å². The second-order valence-corrected chi connectivity index (χ2v) is 5.04. The second kappa shape index (κ2) is 4.63. The van der Waals surface area contributed by atoms with Crippen molar-refractivity contribution in [3.8, 4) is 0 Å². The van der Waals surface area contributed by atoms with Gasteiger partial charge in [0.1, 0.15) is 0 Å². The van der Waals surface area contributed by atoms with Crippen molar-refractivity contribution in [3.63, 3.8) is 0 Å². The Morgan fingerprint density at radius 1 is 1.43 bits per heavy atom. The topological polar surface area (TPSA) is 12.5 Å². The average Bonchev–Trinajstić information content (AvgIpc) is 2.55. The minimum atomic E-state index is 0.180. The van der Waals surface area contributed by atoms with Gasteiger partial charge in [0.05, 0.1) is 6.10 Å². The first-order valence-corrected chi connectivity index (χ1v) is 5.88. The molecule has 14 heavy (non-hydrogen) atoms. The van der Waals surface area contributed by atoms with E-state index in [2.05, 4.69) is 39.5 Å². The zero-order valence-electron chi connectivity index (χ0n) is 10.3. The number of nitrogens with zero attached hydrogens (tertiary/aromatic N) is 1. The van der Waals surface area contributed by atoms with Crippen molar-refractivity contribution in [2.45, 2.75) is 65.1 Å². The number of hydrogen-bond acceptors (Lipinski definition) is 2. The molecule has 0 amide bonds. The maximum Gasteiger partial charge on any atom is 0.0754 e. The average molecular weight is 199 g/mol. The van der Waals surface area contributed by atoms with Gasteiger partial charge >= 0.3 is 0 Å². The maximum absolute atomic E-state index is 5.81. The van der Waals surface area contributed by atoms with E-state index in [-0.39, 0.29) is 5.54 Å². The highest BCUT2D eigenvalue weighted by atomic mass is 16.5. The van der Waals surface area contributed by atoms with Crippen molar-refractivity contribution in [2.24, 2.45) is 0 Å². The molecule has 0 aromatic heterocycles. The van der Waals surface area contributed by atoms with Gasteiger partial charge in [0.2, 0.25) is 0 Å². The maximum atomic E-state index is 5.81. The van der Waals surface area contributed by atoms with Crippen LogP contribution in [0.2, 0.25) is 0 Å². The van der Waals surface area contributed by atoms with Gasteiger partial charge < -0.3 is 4.74 Å². The summed E-state index contributed by atoms with van der Waals surface area (Å²) in [5.74, 6) is 0. The molecule has 0 radical (unpaired) electrons. The summed E-state index contributed by atoms with van der Waals surface area (Å²) >= 11 is 0. The molecule has 0 aliphatic carbocycles. The number of likely N-dealkylation sites (N-methyl/N-ethyl adjacent to an activating group) is 1. The van der Waals surface area contributed by atoms with Crippen LogP contribution in [-0.4, -0.2) is 35.7 Å². The molecule has 1 rings (SSSR count). The number of ether oxygens (including phenoxy) is 1. The van der Waals surface area contributed by atoms with E-state index in [4.69, 9.17) is 4.74 Å². The third-order valence-electron chi connectivity index (χ3n) is 3.42. The van der Waals surface area contributed by atoms with E-state index in [1.807, 2.05) is 0 Å². The molecular formula is C12H25NO. The van der Waals surface area contributed by atoms with Gasteiger partial charge in [0.15, 0.2) is 0 Å². The Morgan fingerprint density at radius 2 is 2.07 bits per heavy atom. The van der Waals surface area contributed by atoms with Crippen LogP contribution in [0.3, 0.4) is 0 Å². The summed E-state index contributed by atoms with van der Waals surface area (Å²) in [4.78, 5) is 2.53. The van der Waals surface area contributed by atoms with Gasteiger partial charge in [-0.05, 0) is 47.1 Å². The fourth-order valence-corrected chi connectivity index (χ4v) is 2.76. The summed E-state index contributed by atoms with van der Waals surface area (Å²) in [7, 11) is 0. The highest BCUT2D eigenvalue weighted by molar-refractivity contribution is 4.92. The van der Waals surface area contributed by atoms with Crippen LogP contribution in [0.1, 0.15) is 47.5 Å². The van der Waals surface area contributed by atoms with Gasteiger partial charge in [-0.1, -0.05) is 6.92 Å². The molecule has 1 atom stereocenters. The van der Waals surface area contributed by atoms with Crippen LogP contribution in [-0.2, 0) is 4.74 Å². The van der Waals surface area contributed by atoms with E-state index in [9.17, 15) is 0 Å². The van der Waals surface area contributed by atoms with Crippen LogP contribution in [0.15, 0.2) is 0 Å². The molecule has 1 aliphatic rings. The van der Waals surface area contributed by atoms with Gasteiger partial charge in [-0.15, -0.1) is 0 Å². The standard InChI is InChI=1S/C12H25NO/c1-6-13(10(2)3)12(4,5)11-8-7-9-14-11/h10-11H,6-9H2,1-5H3. The Morgan fingerprint density at radius 3 is 2.43 bits per heavy atom. The normalized spacial score (nSPS) is 23.8. The zero-order valence-corrected chi connectivity index (χ0v) is 10.3. The monoisotopic (exact) mass is 199 g/mol. The van der Waals surface area contributed by atoms with Crippen molar-refractivity contribution in [2.75, 3.05) is 13.2 Å². The van der Waals surface area contributed by atoms with Crippen molar-refractivity contribution in [1.82, 2.24) is 4.90 Å². The predicted octanol–water partition coefficient (Wildman–Crippen LogP) is 2.67. The largest absolute Gasteiger partial charge is 0.376 e. The molecule has 0 bridgehead atoms. The predicted molar refractivity (Wildman–Crippen MR) is 60.6 cm³/mol. The first kappa shape index (κ1) is 12.0. The molecule has 0 N–H and O–H groups in total. The lowest BCUT2D eigenvalue weighted by Gasteiger charge is -2.44. The molecule has 1 fully saturated rings. The first-order valence-electron chi connectivity index (χ1n) is 5.88. The Hall–Kier alpha value is -0.0800. The van der Waals surface area contributed by atoms with Gasteiger partial charge in [-0.2, -0.15) is 0 Å². The zero-order chi connectivity index (χ0) is 10.8. The Bertz CT molecular complexity index is 171. The summed E-state index contributed by atoms with van der Waals surface area (Å²) in [5, 5.41) is 0. The smallest absolute Gasteiger partial charge is 0.0754 e. The van der Waals surface area contributed by atoms with E-state index in [1.165, 1.54) is 12.8 Å². The molecular weight excluding hydrogens is 174 g/mol. The lowest BCUT2D eigenvalue weighted by Crippen LogP contribution is -2.54. The van der Waals surface area contributed by atoms with E-state index in [0.717, 1.165) is 13.2 Å². The second-order valence-electron chi connectivity index (χ2n) is 5.04. The molecule has 2 nitrogen and oxygen atoms in total. The summed E-state index contributed by atoms with van der Waals surface area (Å²) in [5.41, 5.74) is 0.180. The van der Waals surface area contributed by atoms with E-state index in [1.54, 1.807) is 0 Å². The van der Waals surface area contributed by atoms with Crippen LogP contribution < -0.4 is 0 Å². The molecule has 1 saturated heterocycles. The molecule has 1 heterocycles. The Labute approximate surface area is 88.6 Å². The quantitative estimate of drug-likeness (QED) is 0.690. The van der Waals surface area contributed by atoms with Crippen LogP contribution in [0.4, 0.5) is 0 Å². The van der Waals surface area contributed by atoms with Gasteiger partial charge in [-0.25, -0.2) is 0 Å². The van der Waals surface area contributed by atoms with Crippen molar-refractivity contribution >= 4 is 0 Å². The third kappa shape index (κ3) is 2.29. The van der Waals surface area contributed by atoms with E-state index < -0.39 is 0 Å². The summed E-state index contributed by atoms with van der Waals surface area (Å²) in [6.45, 7) is 13.4. The van der Waals surface area contributed by atoms with Crippen LogP contribution >= 0.6 is 0 Å². The highest BCUT2D eigenvalue weighted by Gasteiger charge is 2.38. The molecule has 0 aromatic rings. The highest BCUT2D eigenvalue weighted by Crippen LogP contribution is 2.30. The van der Waals surface area contributed by atoms with Crippen LogP contribution in [0.5, 0.6) is 0 Å². The van der Waals surface area contributed by atoms with Crippen molar-refractivity contribution in [1.29, 1.82) is 0 Å². The van der Waals surface area contributed by atoms with Crippen LogP contribution in [0, 0.1) is 0 Å². The minimum Gasteiger partial charge on any atom is -0.376 e. The molecule has 1 aliphatic heterocycles. The molecule has 2 heteroatoms. The fourth-order valence-electron chi connectivity index (χ4n) is 2.76. The summed E-state index contributed by atoms with van der Waals surface area (Å²) < 4.78 is 5.81. The summed E-state index contributed by atoms with van der Waals surface area (Å²) in [6, 6.07) is 0.596. The van der Waals surface area contributed by atoms with E-state index >= 15 is 0 Å². The Kier molecular flexibility index (Phi) is 3.96. The fraction of sp³-hybridized carbons (Fsp3) is 1.00. The van der Waals surface area contributed by atoms with Gasteiger partial charge in [0.25, 0.3) is 0 Å². The number of rotatable bonds is 4. The van der Waals surface area contributed by atoms with Crippen molar-refractivity contribution < 1.29 is 4.74 Å². The van der Waals surface area contributed by atoms with Gasteiger partial charge in [0, 0.05) is 18.2 Å². The lowest BCUT2D eigenvalue weighted by atomic mass is 9.91. The lowest BCUT2D eigenvalue weighted by molar-refractivity contribution is -0.0376. The van der Waals surface area contributed by atoms with Crippen molar-refractivity contribution in [3.05, 3.63) is 0 Å². The molecule has 0 aromatic carbocycles. The van der Waals surface area contributed by atoms with E-state index in [0.29, 0.717) is 12.1 Å². The SMILES string of the molecule is CCN(C(C)C)C(C)(C)C1CCCO1. The minimum absolute atomic E-state index is 0.180. The molecule has 84 valence electrons. The molecule has 1 unspecified atom stereocenters. The third-order valence-corrected chi connectivity index (χ3v) is 3.42.